The molecular formula is C16H21FN2O5. The molecule has 7 nitrogen and oxygen atoms in total. The highest BCUT2D eigenvalue weighted by molar-refractivity contribution is 5.86. The van der Waals surface area contributed by atoms with Crippen molar-refractivity contribution < 1.29 is 28.2 Å². The van der Waals surface area contributed by atoms with Crippen LogP contribution < -0.4 is 10.1 Å². The lowest BCUT2D eigenvalue weighted by Crippen LogP contribution is -2.42. The van der Waals surface area contributed by atoms with E-state index in [0.29, 0.717) is 18.8 Å². The van der Waals surface area contributed by atoms with Crippen molar-refractivity contribution in [2.45, 2.75) is 13.8 Å². The molecule has 0 saturated carbocycles. The summed E-state index contributed by atoms with van der Waals surface area (Å²) in [4.78, 5) is 36.2. The van der Waals surface area contributed by atoms with Crippen LogP contribution in [-0.4, -0.2) is 55.5 Å². The van der Waals surface area contributed by atoms with Crippen molar-refractivity contribution >= 4 is 17.8 Å². The predicted molar refractivity (Wildman–Crippen MR) is 83.8 cm³/mol. The number of hydrogen-bond donors (Lipinski definition) is 1. The lowest BCUT2D eigenvalue weighted by molar-refractivity contribution is -0.154. The molecule has 1 N–H and O–H groups in total. The van der Waals surface area contributed by atoms with Crippen molar-refractivity contribution in [3.8, 4) is 5.75 Å². The molecule has 0 bridgehead atoms. The van der Waals surface area contributed by atoms with Gasteiger partial charge in [0.15, 0.2) is 13.2 Å². The summed E-state index contributed by atoms with van der Waals surface area (Å²) in [6.45, 7) is 3.32. The van der Waals surface area contributed by atoms with Gasteiger partial charge in [-0.15, -0.1) is 0 Å². The Labute approximate surface area is 139 Å². The van der Waals surface area contributed by atoms with Gasteiger partial charge in [-0.25, -0.2) is 9.18 Å². The Kier molecular flexibility index (Phi) is 8.24. The fraction of sp³-hybridized carbons (Fsp3) is 0.438. The summed E-state index contributed by atoms with van der Waals surface area (Å²) >= 11 is 0. The fourth-order valence-electron chi connectivity index (χ4n) is 1.75. The number of nitrogens with one attached hydrogen (secondary N) is 1. The summed E-state index contributed by atoms with van der Waals surface area (Å²) in [6, 6.07) is 5.15. The van der Waals surface area contributed by atoms with Gasteiger partial charge < -0.3 is 19.7 Å². The Balaban J connectivity index is 2.34. The zero-order valence-electron chi connectivity index (χ0n) is 13.7. The molecule has 1 aromatic carbocycles. The summed E-state index contributed by atoms with van der Waals surface area (Å²) in [5.74, 6) is -1.59. The van der Waals surface area contributed by atoms with Gasteiger partial charge in [-0.05, 0) is 38.1 Å². The van der Waals surface area contributed by atoms with Crippen LogP contribution in [-0.2, 0) is 19.1 Å². The first kappa shape index (κ1) is 19.4. The van der Waals surface area contributed by atoms with Gasteiger partial charge in [-0.3, -0.25) is 9.59 Å². The van der Waals surface area contributed by atoms with Crippen molar-refractivity contribution in [2.75, 3.05) is 32.8 Å². The van der Waals surface area contributed by atoms with Gasteiger partial charge in [0.25, 0.3) is 5.91 Å². The van der Waals surface area contributed by atoms with Crippen LogP contribution in [0.4, 0.5) is 4.39 Å². The Bertz CT molecular complexity index is 562. The Morgan fingerprint density at radius 1 is 1.12 bits per heavy atom. The largest absolute Gasteiger partial charge is 0.482 e. The molecule has 0 aliphatic heterocycles. The molecule has 0 saturated heterocycles. The van der Waals surface area contributed by atoms with E-state index in [-0.39, 0.29) is 12.5 Å². The summed E-state index contributed by atoms with van der Waals surface area (Å²) in [7, 11) is 0. The normalized spacial score (nSPS) is 9.96. The van der Waals surface area contributed by atoms with Crippen molar-refractivity contribution in [2.24, 2.45) is 0 Å². The number of nitrogens with zero attached hydrogens (tertiary/aromatic N) is 1. The lowest BCUT2D eigenvalue weighted by atomic mass is 10.3. The van der Waals surface area contributed by atoms with E-state index in [9.17, 15) is 18.8 Å². The molecule has 0 aromatic heterocycles. The first-order valence-corrected chi connectivity index (χ1v) is 7.54. The van der Waals surface area contributed by atoms with Crippen LogP contribution in [0.5, 0.6) is 5.75 Å². The number of halogens is 1. The van der Waals surface area contributed by atoms with E-state index in [1.165, 1.54) is 29.2 Å². The Morgan fingerprint density at radius 3 is 2.38 bits per heavy atom. The number of ether oxygens (including phenoxy) is 2. The second kappa shape index (κ2) is 10.2. The molecule has 1 rings (SSSR count). The van der Waals surface area contributed by atoms with Crippen molar-refractivity contribution in [1.82, 2.24) is 10.2 Å². The van der Waals surface area contributed by atoms with Crippen molar-refractivity contribution in [3.63, 3.8) is 0 Å². The van der Waals surface area contributed by atoms with Crippen LogP contribution in [0.15, 0.2) is 24.3 Å². The van der Waals surface area contributed by atoms with E-state index >= 15 is 0 Å². The van der Waals surface area contributed by atoms with E-state index in [0.717, 1.165) is 0 Å². The quantitative estimate of drug-likeness (QED) is 0.670. The van der Waals surface area contributed by atoms with Gasteiger partial charge in [0, 0.05) is 13.1 Å². The summed E-state index contributed by atoms with van der Waals surface area (Å²) in [5, 5.41) is 2.59. The number of carbonyl (C=O) groups excluding carboxylic acids is 3. The molecule has 0 fully saturated rings. The summed E-state index contributed by atoms with van der Waals surface area (Å²) in [5.41, 5.74) is 0. The first-order chi connectivity index (χ1) is 11.5. The highest BCUT2D eigenvalue weighted by Crippen LogP contribution is 2.10. The third kappa shape index (κ3) is 7.08. The lowest BCUT2D eigenvalue weighted by Gasteiger charge is -2.20. The van der Waals surface area contributed by atoms with Gasteiger partial charge >= 0.3 is 5.97 Å². The van der Waals surface area contributed by atoms with E-state index in [1.807, 2.05) is 0 Å². The van der Waals surface area contributed by atoms with Gasteiger partial charge in [0.05, 0.1) is 6.54 Å². The van der Waals surface area contributed by atoms with Crippen LogP contribution in [0.3, 0.4) is 0 Å². The van der Waals surface area contributed by atoms with E-state index in [4.69, 9.17) is 9.47 Å². The molecule has 132 valence electrons. The first-order valence-electron chi connectivity index (χ1n) is 7.54. The van der Waals surface area contributed by atoms with E-state index < -0.39 is 30.9 Å². The maximum absolute atomic E-state index is 12.7. The number of hydrogen-bond acceptors (Lipinski definition) is 5. The molecule has 24 heavy (non-hydrogen) atoms. The molecule has 0 atom stereocenters. The second-order valence-electron chi connectivity index (χ2n) is 4.76. The van der Waals surface area contributed by atoms with E-state index in [2.05, 4.69) is 5.32 Å². The molecule has 0 aliphatic carbocycles. The maximum Gasteiger partial charge on any atom is 0.344 e. The molecule has 0 radical (unpaired) electrons. The zero-order valence-corrected chi connectivity index (χ0v) is 13.7. The molecule has 1 aromatic rings. The number of likely N-dealkylation sites (N-methyl/N-ethyl adjacent to an activating group) is 2. The molecular weight excluding hydrogens is 319 g/mol. The number of benzene rings is 1. The summed E-state index contributed by atoms with van der Waals surface area (Å²) < 4.78 is 22.6. The van der Waals surface area contributed by atoms with Gasteiger partial charge in [0.1, 0.15) is 11.6 Å². The second-order valence-corrected chi connectivity index (χ2v) is 4.76. The molecule has 2 amide bonds. The minimum absolute atomic E-state index is 0.0905. The standard InChI is InChI=1S/C16H21FN2O5/c1-3-18-14(20)9-19(4-2)15(21)10-24-16(22)11-23-13-7-5-12(17)6-8-13/h5-8H,3-4,9-11H2,1-2H3,(H,18,20). The van der Waals surface area contributed by atoms with Gasteiger partial charge in [-0.2, -0.15) is 0 Å². The summed E-state index contributed by atoms with van der Waals surface area (Å²) in [6.07, 6.45) is 0. The average molecular weight is 340 g/mol. The number of carbonyl (C=O) groups is 3. The molecule has 8 heteroatoms. The van der Waals surface area contributed by atoms with Crippen molar-refractivity contribution in [1.29, 1.82) is 0 Å². The SMILES string of the molecule is CCNC(=O)CN(CC)C(=O)COC(=O)COc1ccc(F)cc1. The molecule has 0 aliphatic rings. The van der Waals surface area contributed by atoms with E-state index in [1.54, 1.807) is 13.8 Å². The Hall–Kier alpha value is -2.64. The van der Waals surface area contributed by atoms with Crippen molar-refractivity contribution in [3.05, 3.63) is 30.1 Å². The molecule has 0 spiro atoms. The number of rotatable bonds is 9. The highest BCUT2D eigenvalue weighted by atomic mass is 19.1. The molecule has 0 heterocycles. The third-order valence-corrected chi connectivity index (χ3v) is 2.97. The minimum atomic E-state index is -0.735. The fourth-order valence-corrected chi connectivity index (χ4v) is 1.75. The molecule has 0 unspecified atom stereocenters. The number of amides is 2. The smallest absolute Gasteiger partial charge is 0.344 e. The van der Waals surface area contributed by atoms with Crippen LogP contribution in [0.25, 0.3) is 0 Å². The highest BCUT2D eigenvalue weighted by Gasteiger charge is 2.17. The van der Waals surface area contributed by atoms with Crippen LogP contribution in [0, 0.1) is 5.82 Å². The average Bonchev–Trinajstić information content (AvgIpc) is 2.57. The van der Waals surface area contributed by atoms with Gasteiger partial charge in [-0.1, -0.05) is 0 Å². The topological polar surface area (TPSA) is 84.9 Å². The monoisotopic (exact) mass is 340 g/mol. The predicted octanol–water partition coefficient (Wildman–Crippen LogP) is 0.732. The Morgan fingerprint density at radius 2 is 1.79 bits per heavy atom. The maximum atomic E-state index is 12.7. The zero-order chi connectivity index (χ0) is 17.9. The third-order valence-electron chi connectivity index (χ3n) is 2.97. The number of esters is 1. The minimum Gasteiger partial charge on any atom is -0.482 e. The van der Waals surface area contributed by atoms with Crippen LogP contribution in [0.1, 0.15) is 13.8 Å². The van der Waals surface area contributed by atoms with Crippen LogP contribution in [0.2, 0.25) is 0 Å². The van der Waals surface area contributed by atoms with Gasteiger partial charge in [0.2, 0.25) is 5.91 Å². The van der Waals surface area contributed by atoms with Crippen LogP contribution >= 0.6 is 0 Å².